The summed E-state index contributed by atoms with van der Waals surface area (Å²) in [6.45, 7) is 8.13. The second-order valence-corrected chi connectivity index (χ2v) is 8.27. The number of amides is 1. The van der Waals surface area contributed by atoms with Gasteiger partial charge in [0.1, 0.15) is 0 Å². The molecular formula is C19H25N3O2S2. The van der Waals surface area contributed by atoms with Crippen LogP contribution in [0.25, 0.3) is 0 Å². The van der Waals surface area contributed by atoms with E-state index in [9.17, 15) is 9.59 Å². The highest BCUT2D eigenvalue weighted by molar-refractivity contribution is 7.99. The fourth-order valence-corrected chi connectivity index (χ4v) is 4.12. The van der Waals surface area contributed by atoms with Crippen molar-refractivity contribution < 1.29 is 4.79 Å². The number of rotatable bonds is 8. The van der Waals surface area contributed by atoms with Crippen molar-refractivity contribution in [2.75, 3.05) is 16.8 Å². The molecule has 2 aromatic rings. The first-order chi connectivity index (χ1) is 12.4. The molecule has 140 valence electrons. The Labute approximate surface area is 162 Å². The minimum atomic E-state index is -0.180. The van der Waals surface area contributed by atoms with Gasteiger partial charge in [-0.1, -0.05) is 36.4 Å². The number of aryl methyl sites for hydroxylation is 3. The Morgan fingerprint density at radius 2 is 1.88 bits per heavy atom. The van der Waals surface area contributed by atoms with Gasteiger partial charge in [-0.05, 0) is 44.1 Å². The smallest absolute Gasteiger partial charge is 0.251 e. The number of aromatic nitrogens is 2. The van der Waals surface area contributed by atoms with Crippen molar-refractivity contribution in [3.63, 3.8) is 0 Å². The lowest BCUT2D eigenvalue weighted by molar-refractivity contribution is -0.113. The number of thioether (sulfide) groups is 2. The molecule has 1 heterocycles. The normalized spacial score (nSPS) is 10.8. The summed E-state index contributed by atoms with van der Waals surface area (Å²) in [5.41, 5.74) is 4.68. The van der Waals surface area contributed by atoms with Crippen molar-refractivity contribution in [3.05, 3.63) is 50.9 Å². The third kappa shape index (κ3) is 6.21. The van der Waals surface area contributed by atoms with Crippen molar-refractivity contribution in [1.82, 2.24) is 9.97 Å². The maximum Gasteiger partial charge on any atom is 0.251 e. The molecule has 7 heteroatoms. The molecule has 5 nitrogen and oxygen atoms in total. The molecular weight excluding hydrogens is 366 g/mol. The number of anilines is 1. The van der Waals surface area contributed by atoms with Crippen LogP contribution in [0.4, 0.5) is 5.69 Å². The van der Waals surface area contributed by atoms with E-state index < -0.39 is 0 Å². The van der Waals surface area contributed by atoms with Gasteiger partial charge in [0, 0.05) is 17.5 Å². The van der Waals surface area contributed by atoms with E-state index in [4.69, 9.17) is 0 Å². The van der Waals surface area contributed by atoms with Crippen LogP contribution in [0.2, 0.25) is 0 Å². The lowest BCUT2D eigenvalue weighted by atomic mass is 10.1. The summed E-state index contributed by atoms with van der Waals surface area (Å²) in [5.74, 6) is 1.83. The van der Waals surface area contributed by atoms with Crippen molar-refractivity contribution in [2.24, 2.45) is 0 Å². The summed E-state index contributed by atoms with van der Waals surface area (Å²) < 4.78 is 0. The molecule has 0 saturated heterocycles. The summed E-state index contributed by atoms with van der Waals surface area (Å²) >= 11 is 2.99. The Kier molecular flexibility index (Phi) is 7.78. The second-order valence-electron chi connectivity index (χ2n) is 6.21. The molecule has 0 radical (unpaired) electrons. The lowest BCUT2D eigenvalue weighted by Crippen LogP contribution is -2.17. The number of nitrogens with one attached hydrogen (secondary N) is 2. The molecule has 0 aliphatic rings. The van der Waals surface area contributed by atoms with Gasteiger partial charge in [0.05, 0.1) is 11.4 Å². The zero-order valence-electron chi connectivity index (χ0n) is 15.6. The van der Waals surface area contributed by atoms with Gasteiger partial charge in [-0.25, -0.2) is 4.98 Å². The highest BCUT2D eigenvalue weighted by Crippen LogP contribution is 2.22. The number of carbonyl (C=O) groups is 1. The van der Waals surface area contributed by atoms with Crippen LogP contribution in [0.1, 0.15) is 35.7 Å². The van der Waals surface area contributed by atoms with Gasteiger partial charge in [-0.15, -0.1) is 0 Å². The summed E-state index contributed by atoms with van der Waals surface area (Å²) in [6.07, 6.45) is 1.09. The zero-order chi connectivity index (χ0) is 19.1. The van der Waals surface area contributed by atoms with Gasteiger partial charge in [0.2, 0.25) is 5.91 Å². The third-order valence-corrected chi connectivity index (χ3v) is 5.72. The van der Waals surface area contributed by atoms with E-state index >= 15 is 0 Å². The SMILES string of the molecule is CCCSCc1cc(=O)[nH]c(SCC(=O)Nc2c(C)cc(C)cc2C)n1. The lowest BCUT2D eigenvalue weighted by Gasteiger charge is -2.12. The fourth-order valence-electron chi connectivity index (χ4n) is 2.63. The maximum absolute atomic E-state index is 12.3. The first-order valence-electron chi connectivity index (χ1n) is 8.57. The second kappa shape index (κ2) is 9.83. The zero-order valence-corrected chi connectivity index (χ0v) is 17.3. The van der Waals surface area contributed by atoms with Gasteiger partial charge >= 0.3 is 0 Å². The average molecular weight is 392 g/mol. The summed E-state index contributed by atoms with van der Waals surface area (Å²) in [6, 6.07) is 5.62. The highest BCUT2D eigenvalue weighted by Gasteiger charge is 2.10. The van der Waals surface area contributed by atoms with Crippen molar-refractivity contribution in [1.29, 1.82) is 0 Å². The maximum atomic E-state index is 12.3. The molecule has 1 aromatic heterocycles. The van der Waals surface area contributed by atoms with Crippen molar-refractivity contribution in [2.45, 2.75) is 45.0 Å². The van der Waals surface area contributed by atoms with Crippen LogP contribution >= 0.6 is 23.5 Å². The molecule has 0 fully saturated rings. The molecule has 26 heavy (non-hydrogen) atoms. The van der Waals surface area contributed by atoms with Crippen molar-refractivity contribution in [3.8, 4) is 0 Å². The average Bonchev–Trinajstić information content (AvgIpc) is 2.56. The van der Waals surface area contributed by atoms with Crippen LogP contribution in [0, 0.1) is 20.8 Å². The quantitative estimate of drug-likeness (QED) is 0.403. The fraction of sp³-hybridized carbons (Fsp3) is 0.421. The van der Waals surface area contributed by atoms with E-state index in [2.05, 4.69) is 22.2 Å². The molecule has 0 bridgehead atoms. The Bertz CT molecular complexity index is 811. The molecule has 0 saturated carbocycles. The minimum absolute atomic E-state index is 0.113. The summed E-state index contributed by atoms with van der Waals surface area (Å²) in [7, 11) is 0. The van der Waals surface area contributed by atoms with Crippen LogP contribution in [0.5, 0.6) is 0 Å². The van der Waals surface area contributed by atoms with Crippen LogP contribution in [-0.4, -0.2) is 27.4 Å². The first-order valence-corrected chi connectivity index (χ1v) is 10.7. The van der Waals surface area contributed by atoms with E-state index in [1.807, 2.05) is 32.9 Å². The van der Waals surface area contributed by atoms with Crippen molar-refractivity contribution >= 4 is 35.1 Å². The third-order valence-electron chi connectivity index (χ3n) is 3.65. The number of hydrogen-bond acceptors (Lipinski definition) is 5. The Hall–Kier alpha value is -1.73. The molecule has 0 atom stereocenters. The number of H-pyrrole nitrogens is 1. The first kappa shape index (κ1) is 20.6. The highest BCUT2D eigenvalue weighted by atomic mass is 32.2. The van der Waals surface area contributed by atoms with Crippen LogP contribution in [0.3, 0.4) is 0 Å². The van der Waals surface area contributed by atoms with Gasteiger partial charge in [0.15, 0.2) is 5.16 Å². The van der Waals surface area contributed by atoms with Crippen LogP contribution < -0.4 is 10.9 Å². The predicted octanol–water partition coefficient (Wildman–Crippen LogP) is 4.07. The molecule has 0 unspecified atom stereocenters. The largest absolute Gasteiger partial charge is 0.325 e. The molecule has 2 N–H and O–H groups in total. The number of nitrogens with zero attached hydrogens (tertiary/aromatic N) is 1. The van der Waals surface area contributed by atoms with E-state index in [-0.39, 0.29) is 17.2 Å². The molecule has 0 spiro atoms. The molecule has 2 rings (SSSR count). The number of carbonyl (C=O) groups excluding carboxylic acids is 1. The molecule has 1 aromatic carbocycles. The summed E-state index contributed by atoms with van der Waals surface area (Å²) in [5, 5.41) is 3.45. The van der Waals surface area contributed by atoms with Gasteiger partial charge in [0.25, 0.3) is 5.56 Å². The topological polar surface area (TPSA) is 74.8 Å². The summed E-state index contributed by atoms with van der Waals surface area (Å²) in [4.78, 5) is 31.2. The Morgan fingerprint density at radius 3 is 2.54 bits per heavy atom. The van der Waals surface area contributed by atoms with E-state index in [1.54, 1.807) is 11.8 Å². The van der Waals surface area contributed by atoms with Gasteiger partial charge in [-0.2, -0.15) is 11.8 Å². The van der Waals surface area contributed by atoms with Gasteiger partial charge < -0.3 is 10.3 Å². The van der Waals surface area contributed by atoms with E-state index in [1.165, 1.54) is 23.4 Å². The minimum Gasteiger partial charge on any atom is -0.325 e. The molecule has 0 aliphatic heterocycles. The van der Waals surface area contributed by atoms with Crippen LogP contribution in [-0.2, 0) is 10.5 Å². The van der Waals surface area contributed by atoms with E-state index in [0.29, 0.717) is 10.9 Å². The van der Waals surface area contributed by atoms with Gasteiger partial charge in [-0.3, -0.25) is 9.59 Å². The Morgan fingerprint density at radius 1 is 1.19 bits per heavy atom. The standard InChI is InChI=1S/C19H25N3O2S2/c1-5-6-25-10-15-9-16(23)22-19(20-15)26-11-17(24)21-18-13(3)7-12(2)8-14(18)4/h7-9H,5-6,10-11H2,1-4H3,(H,21,24)(H,20,22,23). The number of aromatic amines is 1. The Balaban J connectivity index is 1.98. The monoisotopic (exact) mass is 391 g/mol. The molecule has 0 aliphatic carbocycles. The number of benzene rings is 1. The number of hydrogen-bond donors (Lipinski definition) is 2. The predicted molar refractivity (Wildman–Crippen MR) is 111 cm³/mol. The molecule has 1 amide bonds. The van der Waals surface area contributed by atoms with Crippen LogP contribution in [0.15, 0.2) is 28.2 Å². The van der Waals surface area contributed by atoms with E-state index in [0.717, 1.165) is 34.7 Å².